The van der Waals surface area contributed by atoms with Crippen molar-refractivity contribution in [3.63, 3.8) is 0 Å². The highest BCUT2D eigenvalue weighted by atomic mass is 16.1. The zero-order valence-corrected chi connectivity index (χ0v) is 11.8. The number of rotatable bonds is 2. The minimum absolute atomic E-state index is 0.273. The van der Waals surface area contributed by atoms with Gasteiger partial charge in [0.2, 0.25) is 0 Å². The van der Waals surface area contributed by atoms with Crippen molar-refractivity contribution in [1.82, 2.24) is 15.0 Å². The summed E-state index contributed by atoms with van der Waals surface area (Å²) >= 11 is 0. The van der Waals surface area contributed by atoms with Gasteiger partial charge in [-0.3, -0.25) is 0 Å². The van der Waals surface area contributed by atoms with Gasteiger partial charge in [-0.15, -0.1) is 0 Å². The predicted octanol–water partition coefficient (Wildman–Crippen LogP) is 2.58. The van der Waals surface area contributed by atoms with Crippen molar-refractivity contribution in [3.05, 3.63) is 70.1 Å². The van der Waals surface area contributed by atoms with Crippen LogP contribution in [0, 0.1) is 0 Å². The van der Waals surface area contributed by atoms with Gasteiger partial charge in [0, 0.05) is 5.39 Å². The van der Waals surface area contributed by atoms with E-state index in [0.29, 0.717) is 11.3 Å². The van der Waals surface area contributed by atoms with E-state index in [4.69, 9.17) is 5.73 Å². The van der Waals surface area contributed by atoms with Gasteiger partial charge in [-0.25, -0.2) is 9.78 Å². The highest BCUT2D eigenvalue weighted by Gasteiger charge is 2.12. The summed E-state index contributed by atoms with van der Waals surface area (Å²) in [5, 5.41) is 0.939. The Kier molecular flexibility index (Phi) is 2.72. The molecule has 0 amide bonds. The van der Waals surface area contributed by atoms with E-state index in [1.807, 2.05) is 30.3 Å². The highest BCUT2D eigenvalue weighted by Crippen LogP contribution is 2.28. The highest BCUT2D eigenvalue weighted by molar-refractivity contribution is 6.07. The van der Waals surface area contributed by atoms with E-state index in [0.717, 1.165) is 28.4 Å². The summed E-state index contributed by atoms with van der Waals surface area (Å²) in [5.41, 5.74) is 10.1. The van der Waals surface area contributed by atoms with Gasteiger partial charge in [-0.05, 0) is 23.6 Å². The first kappa shape index (κ1) is 12.6. The average molecular weight is 290 g/mol. The first-order chi connectivity index (χ1) is 10.7. The molecule has 4 aromatic rings. The van der Waals surface area contributed by atoms with Crippen LogP contribution in [0.3, 0.4) is 0 Å². The second-order valence-electron chi connectivity index (χ2n) is 5.30. The van der Waals surface area contributed by atoms with Crippen LogP contribution in [0.25, 0.3) is 21.9 Å². The van der Waals surface area contributed by atoms with E-state index >= 15 is 0 Å². The molecule has 0 bridgehead atoms. The van der Waals surface area contributed by atoms with Crippen LogP contribution < -0.4 is 11.4 Å². The number of aromatic amines is 2. The summed E-state index contributed by atoms with van der Waals surface area (Å²) in [7, 11) is 0. The third kappa shape index (κ3) is 1.95. The molecule has 22 heavy (non-hydrogen) atoms. The van der Waals surface area contributed by atoms with Crippen molar-refractivity contribution >= 4 is 27.8 Å². The smallest absolute Gasteiger partial charge is 0.323 e. The molecular weight excluding hydrogens is 276 g/mol. The van der Waals surface area contributed by atoms with Gasteiger partial charge < -0.3 is 15.7 Å². The van der Waals surface area contributed by atoms with E-state index < -0.39 is 0 Å². The fourth-order valence-corrected chi connectivity index (χ4v) is 2.88. The molecule has 0 radical (unpaired) electrons. The summed E-state index contributed by atoms with van der Waals surface area (Å²) in [6.45, 7) is 0. The number of fused-ring (bicyclic) bond motifs is 3. The number of pyridine rings is 1. The van der Waals surface area contributed by atoms with Crippen molar-refractivity contribution < 1.29 is 0 Å². The molecule has 0 saturated carbocycles. The molecule has 0 atom stereocenters. The first-order valence-corrected chi connectivity index (χ1v) is 7.05. The minimum Gasteiger partial charge on any atom is -0.382 e. The lowest BCUT2D eigenvalue weighted by Gasteiger charge is -2.08. The van der Waals surface area contributed by atoms with Crippen molar-refractivity contribution in [2.45, 2.75) is 6.42 Å². The molecule has 2 aromatic heterocycles. The number of nitrogen functional groups attached to an aromatic ring is 1. The van der Waals surface area contributed by atoms with Crippen LogP contribution in [-0.2, 0) is 6.42 Å². The van der Waals surface area contributed by atoms with E-state index in [1.165, 1.54) is 5.56 Å². The number of aromatic nitrogens is 3. The van der Waals surface area contributed by atoms with Crippen LogP contribution in [0.2, 0.25) is 0 Å². The number of anilines is 1. The Morgan fingerprint density at radius 2 is 1.73 bits per heavy atom. The summed E-state index contributed by atoms with van der Waals surface area (Å²) < 4.78 is 0. The zero-order valence-electron chi connectivity index (χ0n) is 11.8. The number of hydrogen-bond donors (Lipinski definition) is 3. The summed E-state index contributed by atoms with van der Waals surface area (Å²) in [4.78, 5) is 21.6. The summed E-state index contributed by atoms with van der Waals surface area (Å²) in [6.07, 6.45) is 0.770. The second kappa shape index (κ2) is 4.73. The van der Waals surface area contributed by atoms with Crippen LogP contribution >= 0.6 is 0 Å². The molecule has 0 unspecified atom stereocenters. The third-order valence-corrected chi connectivity index (χ3v) is 3.84. The molecule has 108 valence electrons. The Balaban J connectivity index is 2.03. The number of nitrogens with two attached hydrogens (primary N) is 1. The van der Waals surface area contributed by atoms with E-state index in [-0.39, 0.29) is 5.69 Å². The largest absolute Gasteiger partial charge is 0.382 e. The predicted molar refractivity (Wildman–Crippen MR) is 87.9 cm³/mol. The van der Waals surface area contributed by atoms with Gasteiger partial charge in [0.25, 0.3) is 0 Å². The van der Waals surface area contributed by atoms with Crippen LogP contribution in [0.1, 0.15) is 11.1 Å². The quantitative estimate of drug-likeness (QED) is 0.530. The fraction of sp³-hybridized carbons (Fsp3) is 0.0588. The average Bonchev–Trinajstić information content (AvgIpc) is 2.91. The van der Waals surface area contributed by atoms with E-state index in [1.54, 1.807) is 0 Å². The van der Waals surface area contributed by atoms with Gasteiger partial charge in [-0.1, -0.05) is 42.5 Å². The molecule has 5 nitrogen and oxygen atoms in total. The number of H-pyrrole nitrogens is 2. The number of imidazole rings is 1. The summed E-state index contributed by atoms with van der Waals surface area (Å²) in [6, 6.07) is 16.1. The first-order valence-electron chi connectivity index (χ1n) is 7.05. The van der Waals surface area contributed by atoms with Crippen LogP contribution in [-0.4, -0.2) is 15.0 Å². The van der Waals surface area contributed by atoms with Gasteiger partial charge in [0.1, 0.15) is 11.3 Å². The third-order valence-electron chi connectivity index (χ3n) is 3.84. The van der Waals surface area contributed by atoms with Crippen molar-refractivity contribution in [2.75, 3.05) is 5.73 Å². The Bertz CT molecular complexity index is 1030. The molecule has 2 heterocycles. The van der Waals surface area contributed by atoms with Gasteiger partial charge >= 0.3 is 5.69 Å². The lowest BCUT2D eigenvalue weighted by molar-refractivity contribution is 1.21. The van der Waals surface area contributed by atoms with Crippen molar-refractivity contribution in [1.29, 1.82) is 0 Å². The molecular formula is C17H14N4O. The topological polar surface area (TPSA) is 87.6 Å². The van der Waals surface area contributed by atoms with Gasteiger partial charge in [0.15, 0.2) is 0 Å². The second-order valence-corrected chi connectivity index (χ2v) is 5.30. The maximum Gasteiger partial charge on any atom is 0.323 e. The molecule has 2 aromatic carbocycles. The molecule has 0 aliphatic heterocycles. The van der Waals surface area contributed by atoms with E-state index in [9.17, 15) is 4.79 Å². The lowest BCUT2D eigenvalue weighted by atomic mass is 10.00. The standard InChI is InChI=1S/C17H14N4O/c18-16-15-14(20-17(22)21-15)13-11(7-4-8-12(13)19-16)9-10-5-2-1-3-6-10/h1-8H,9H2,(H2,18,19)(H2,20,21,22). The normalized spacial score (nSPS) is 11.3. The number of nitrogens with one attached hydrogen (secondary N) is 2. The number of nitrogens with zero attached hydrogens (tertiary/aromatic N) is 1. The number of hydrogen-bond acceptors (Lipinski definition) is 3. The lowest BCUT2D eigenvalue weighted by Crippen LogP contribution is -1.99. The van der Waals surface area contributed by atoms with Crippen LogP contribution in [0.4, 0.5) is 5.82 Å². The Hall–Kier alpha value is -3.08. The molecule has 4 N–H and O–H groups in total. The SMILES string of the molecule is Nc1nc2cccc(Cc3ccccc3)c2c2[nH]c(=O)[nH]c12. The molecule has 4 rings (SSSR count). The number of benzene rings is 2. The fourth-order valence-electron chi connectivity index (χ4n) is 2.88. The maximum absolute atomic E-state index is 11.7. The van der Waals surface area contributed by atoms with Crippen molar-refractivity contribution in [2.24, 2.45) is 0 Å². The van der Waals surface area contributed by atoms with Crippen LogP contribution in [0.5, 0.6) is 0 Å². The minimum atomic E-state index is -0.273. The Morgan fingerprint density at radius 1 is 0.955 bits per heavy atom. The molecule has 0 fully saturated rings. The molecule has 0 aliphatic rings. The molecule has 0 saturated heterocycles. The summed E-state index contributed by atoms with van der Waals surface area (Å²) in [5.74, 6) is 0.331. The molecule has 0 aliphatic carbocycles. The van der Waals surface area contributed by atoms with E-state index in [2.05, 4.69) is 33.2 Å². The van der Waals surface area contributed by atoms with Gasteiger partial charge in [0.05, 0.1) is 11.0 Å². The van der Waals surface area contributed by atoms with Crippen molar-refractivity contribution in [3.8, 4) is 0 Å². The molecule has 0 spiro atoms. The Morgan fingerprint density at radius 3 is 2.55 bits per heavy atom. The zero-order chi connectivity index (χ0) is 15.1. The monoisotopic (exact) mass is 290 g/mol. The maximum atomic E-state index is 11.7. The molecule has 5 heteroatoms. The van der Waals surface area contributed by atoms with Crippen LogP contribution in [0.15, 0.2) is 53.3 Å². The van der Waals surface area contributed by atoms with Gasteiger partial charge in [-0.2, -0.15) is 0 Å². The Labute approximate surface area is 125 Å².